The maximum atomic E-state index is 11.9. The van der Waals surface area contributed by atoms with Crippen molar-refractivity contribution in [2.75, 3.05) is 6.54 Å². The van der Waals surface area contributed by atoms with E-state index in [9.17, 15) is 9.59 Å². The van der Waals surface area contributed by atoms with Gasteiger partial charge in [0.15, 0.2) is 0 Å². The lowest BCUT2D eigenvalue weighted by molar-refractivity contribution is -0.129. The Morgan fingerprint density at radius 1 is 0.905 bits per heavy atom. The first-order valence-corrected chi connectivity index (χ1v) is 6.57. The molecule has 0 aromatic heterocycles. The van der Waals surface area contributed by atoms with Crippen molar-refractivity contribution in [1.29, 1.82) is 0 Å². The number of nitrogens with one attached hydrogen (secondary N) is 2. The minimum Gasteiger partial charge on any atom is -0.352 e. The second-order valence-corrected chi connectivity index (χ2v) is 4.48. The Labute approximate surface area is 122 Å². The van der Waals surface area contributed by atoms with Crippen LogP contribution in [0.4, 0.5) is 0 Å². The first-order chi connectivity index (χ1) is 10.2. The normalized spacial score (nSPS) is 9.95. The third-order valence-corrected chi connectivity index (χ3v) is 3.02. The molecule has 0 saturated heterocycles. The number of amides is 2. The quantitative estimate of drug-likeness (QED) is 0.580. The van der Waals surface area contributed by atoms with Crippen molar-refractivity contribution >= 4 is 11.8 Å². The van der Waals surface area contributed by atoms with Crippen LogP contribution in [0.1, 0.15) is 16.8 Å². The van der Waals surface area contributed by atoms with Crippen LogP contribution < -0.4 is 10.8 Å². The summed E-state index contributed by atoms with van der Waals surface area (Å²) in [6.45, 7) is 0.172. The van der Waals surface area contributed by atoms with E-state index in [0.717, 1.165) is 11.1 Å². The average molecular weight is 284 g/mol. The molecule has 0 aliphatic carbocycles. The lowest BCUT2D eigenvalue weighted by Crippen LogP contribution is -2.29. The van der Waals surface area contributed by atoms with Crippen molar-refractivity contribution in [1.82, 2.24) is 10.8 Å². The molecule has 0 saturated carbocycles. The highest BCUT2D eigenvalue weighted by atomic mass is 16.5. The highest BCUT2D eigenvalue weighted by molar-refractivity contribution is 5.94. The molecule has 0 aliphatic heterocycles. The fourth-order valence-corrected chi connectivity index (χ4v) is 1.89. The summed E-state index contributed by atoms with van der Waals surface area (Å²) in [5, 5.41) is 11.0. The van der Waals surface area contributed by atoms with Gasteiger partial charge in [-0.25, -0.2) is 5.48 Å². The summed E-state index contributed by atoms with van der Waals surface area (Å²) in [6, 6.07) is 17.1. The predicted octanol–water partition coefficient (Wildman–Crippen LogP) is 1.98. The van der Waals surface area contributed by atoms with E-state index >= 15 is 0 Å². The van der Waals surface area contributed by atoms with Gasteiger partial charge >= 0.3 is 0 Å². The highest BCUT2D eigenvalue weighted by Crippen LogP contribution is 2.19. The van der Waals surface area contributed by atoms with Gasteiger partial charge in [0.25, 0.3) is 5.91 Å². The minimum absolute atomic E-state index is 0.0321. The maximum absolute atomic E-state index is 11.9. The molecule has 5 nitrogen and oxygen atoms in total. The van der Waals surface area contributed by atoms with E-state index in [0.29, 0.717) is 5.56 Å². The first-order valence-electron chi connectivity index (χ1n) is 6.57. The van der Waals surface area contributed by atoms with E-state index in [1.807, 2.05) is 42.5 Å². The predicted molar refractivity (Wildman–Crippen MR) is 78.8 cm³/mol. The van der Waals surface area contributed by atoms with Crippen LogP contribution in [-0.2, 0) is 4.79 Å². The molecule has 0 spiro atoms. The van der Waals surface area contributed by atoms with Gasteiger partial charge in [0.1, 0.15) is 0 Å². The molecule has 2 aromatic rings. The molecule has 0 heterocycles. The lowest BCUT2D eigenvalue weighted by atomic mass is 10.0. The average Bonchev–Trinajstić information content (AvgIpc) is 2.55. The number of carbonyl (C=O) groups excluding carboxylic acids is 2. The van der Waals surface area contributed by atoms with Gasteiger partial charge in [0.05, 0.1) is 0 Å². The lowest BCUT2D eigenvalue weighted by Gasteiger charge is -2.06. The standard InChI is InChI=1S/C16H16N2O3/c19-15(18-21)10-11-17-16(20)14-8-6-13(7-9-14)12-4-2-1-3-5-12/h1-9,21H,10-11H2,(H,17,20)(H,18,19). The van der Waals surface area contributed by atoms with Crippen LogP contribution in [0.5, 0.6) is 0 Å². The highest BCUT2D eigenvalue weighted by Gasteiger charge is 2.06. The van der Waals surface area contributed by atoms with Crippen molar-refractivity contribution < 1.29 is 14.8 Å². The van der Waals surface area contributed by atoms with Crippen LogP contribution >= 0.6 is 0 Å². The molecule has 0 fully saturated rings. The number of hydroxylamine groups is 1. The van der Waals surface area contributed by atoms with Gasteiger partial charge < -0.3 is 5.32 Å². The van der Waals surface area contributed by atoms with E-state index in [2.05, 4.69) is 5.32 Å². The van der Waals surface area contributed by atoms with Crippen LogP contribution in [0.3, 0.4) is 0 Å². The Bertz CT molecular complexity index is 609. The van der Waals surface area contributed by atoms with E-state index < -0.39 is 5.91 Å². The van der Waals surface area contributed by atoms with E-state index in [-0.39, 0.29) is 18.9 Å². The summed E-state index contributed by atoms with van der Waals surface area (Å²) in [5.74, 6) is -0.782. The fourth-order valence-electron chi connectivity index (χ4n) is 1.89. The molecule has 0 radical (unpaired) electrons. The number of hydrogen-bond acceptors (Lipinski definition) is 3. The molecule has 0 bridgehead atoms. The molecule has 2 aromatic carbocycles. The van der Waals surface area contributed by atoms with Crippen LogP contribution in [0.2, 0.25) is 0 Å². The van der Waals surface area contributed by atoms with Gasteiger partial charge in [-0.3, -0.25) is 14.8 Å². The van der Waals surface area contributed by atoms with E-state index in [1.54, 1.807) is 12.1 Å². The third kappa shape index (κ3) is 4.15. The van der Waals surface area contributed by atoms with Gasteiger partial charge in [-0.05, 0) is 23.3 Å². The zero-order valence-electron chi connectivity index (χ0n) is 11.4. The van der Waals surface area contributed by atoms with Crippen molar-refractivity contribution in [2.45, 2.75) is 6.42 Å². The van der Waals surface area contributed by atoms with E-state index in [4.69, 9.17) is 5.21 Å². The van der Waals surface area contributed by atoms with Crippen LogP contribution in [0.15, 0.2) is 54.6 Å². The van der Waals surface area contributed by atoms with Crippen LogP contribution in [0.25, 0.3) is 11.1 Å². The SMILES string of the molecule is O=C(CCNC(=O)c1ccc(-c2ccccc2)cc1)NO. The zero-order chi connectivity index (χ0) is 15.1. The monoisotopic (exact) mass is 284 g/mol. The first kappa shape index (κ1) is 14.7. The Morgan fingerprint density at radius 3 is 2.14 bits per heavy atom. The van der Waals surface area contributed by atoms with Gasteiger partial charge in [-0.1, -0.05) is 42.5 Å². The molecular weight excluding hydrogens is 268 g/mol. The van der Waals surface area contributed by atoms with Gasteiger partial charge in [-0.15, -0.1) is 0 Å². The Morgan fingerprint density at radius 2 is 1.52 bits per heavy atom. The molecule has 2 rings (SSSR count). The van der Waals surface area contributed by atoms with Crippen LogP contribution in [-0.4, -0.2) is 23.6 Å². The third-order valence-electron chi connectivity index (χ3n) is 3.02. The van der Waals surface area contributed by atoms with Crippen molar-refractivity contribution in [2.24, 2.45) is 0 Å². The number of rotatable bonds is 5. The second kappa shape index (κ2) is 7.21. The van der Waals surface area contributed by atoms with Gasteiger partial charge in [0, 0.05) is 18.5 Å². The summed E-state index contributed by atoms with van der Waals surface area (Å²) in [7, 11) is 0. The molecule has 0 unspecified atom stereocenters. The Balaban J connectivity index is 1.96. The van der Waals surface area contributed by atoms with Crippen molar-refractivity contribution in [3.63, 3.8) is 0 Å². The molecule has 5 heteroatoms. The topological polar surface area (TPSA) is 78.4 Å². The summed E-state index contributed by atoms with van der Waals surface area (Å²) < 4.78 is 0. The summed E-state index contributed by atoms with van der Waals surface area (Å²) in [6.07, 6.45) is 0.0321. The Kier molecular flexibility index (Phi) is 5.06. The molecule has 2 amide bonds. The van der Waals surface area contributed by atoms with E-state index in [1.165, 1.54) is 5.48 Å². The molecule has 0 atom stereocenters. The smallest absolute Gasteiger partial charge is 0.251 e. The Hall–Kier alpha value is -2.66. The molecule has 108 valence electrons. The summed E-state index contributed by atoms with van der Waals surface area (Å²) in [5.41, 5.74) is 4.16. The maximum Gasteiger partial charge on any atom is 0.251 e. The molecular formula is C16H16N2O3. The van der Waals surface area contributed by atoms with Crippen LogP contribution in [0, 0.1) is 0 Å². The molecule has 3 N–H and O–H groups in total. The number of benzene rings is 2. The fraction of sp³-hybridized carbons (Fsp3) is 0.125. The number of carbonyl (C=O) groups is 2. The summed E-state index contributed by atoms with van der Waals surface area (Å²) in [4.78, 5) is 22.7. The number of hydrogen-bond donors (Lipinski definition) is 3. The molecule has 21 heavy (non-hydrogen) atoms. The van der Waals surface area contributed by atoms with Gasteiger partial charge in [0.2, 0.25) is 5.91 Å². The zero-order valence-corrected chi connectivity index (χ0v) is 11.4. The van der Waals surface area contributed by atoms with Gasteiger partial charge in [-0.2, -0.15) is 0 Å². The summed E-state index contributed by atoms with van der Waals surface area (Å²) >= 11 is 0. The minimum atomic E-state index is -0.533. The second-order valence-electron chi connectivity index (χ2n) is 4.48. The molecule has 0 aliphatic rings. The van der Waals surface area contributed by atoms with Crippen molar-refractivity contribution in [3.8, 4) is 11.1 Å². The largest absolute Gasteiger partial charge is 0.352 e. The van der Waals surface area contributed by atoms with Crippen molar-refractivity contribution in [3.05, 3.63) is 60.2 Å².